The second-order valence-electron chi connectivity index (χ2n) is 5.03. The van der Waals surface area contributed by atoms with Crippen LogP contribution in [0.15, 0.2) is 24.4 Å². The third-order valence-corrected chi connectivity index (χ3v) is 5.37. The van der Waals surface area contributed by atoms with Gasteiger partial charge >= 0.3 is 0 Å². The molecule has 2 nitrogen and oxygen atoms in total. The van der Waals surface area contributed by atoms with Gasteiger partial charge in [0.05, 0.1) is 6.04 Å². The third-order valence-electron chi connectivity index (χ3n) is 3.49. The number of thiazole rings is 1. The summed E-state index contributed by atoms with van der Waals surface area (Å²) in [6.07, 6.45) is 3.96. The molecule has 2 atom stereocenters. The molecule has 1 aromatic heterocycles. The van der Waals surface area contributed by atoms with Crippen LogP contribution in [0.5, 0.6) is 0 Å². The summed E-state index contributed by atoms with van der Waals surface area (Å²) in [4.78, 5) is 5.82. The fourth-order valence-corrected chi connectivity index (χ4v) is 3.68. The van der Waals surface area contributed by atoms with E-state index in [0.717, 1.165) is 23.4 Å². The number of benzene rings is 1. The summed E-state index contributed by atoms with van der Waals surface area (Å²) in [6, 6.07) is 6.08. The average Bonchev–Trinajstić information content (AvgIpc) is 2.94. The molecule has 0 aliphatic rings. The molecule has 2 rings (SSSR count). The summed E-state index contributed by atoms with van der Waals surface area (Å²) in [5, 5.41) is 6.11. The molecular formula is C16H20Cl2N2S. The van der Waals surface area contributed by atoms with Crippen molar-refractivity contribution in [2.75, 3.05) is 0 Å². The van der Waals surface area contributed by atoms with Crippen LogP contribution in [-0.2, 0) is 6.42 Å². The highest BCUT2D eigenvalue weighted by molar-refractivity contribution is 7.11. The van der Waals surface area contributed by atoms with E-state index in [2.05, 4.69) is 31.1 Å². The van der Waals surface area contributed by atoms with E-state index in [-0.39, 0.29) is 12.1 Å². The summed E-state index contributed by atoms with van der Waals surface area (Å²) >= 11 is 14.1. The maximum absolute atomic E-state index is 6.32. The lowest BCUT2D eigenvalue weighted by molar-refractivity contribution is 0.455. The van der Waals surface area contributed by atoms with Crippen molar-refractivity contribution < 1.29 is 0 Å². The monoisotopic (exact) mass is 342 g/mol. The Morgan fingerprint density at radius 3 is 2.62 bits per heavy atom. The normalized spacial score (nSPS) is 14.1. The van der Waals surface area contributed by atoms with E-state index >= 15 is 0 Å². The maximum Gasteiger partial charge on any atom is 0.109 e. The SMILES string of the molecule is CCc1cnc(C(C)NC(CC)c2ccc(Cl)cc2Cl)s1. The van der Waals surface area contributed by atoms with E-state index < -0.39 is 0 Å². The van der Waals surface area contributed by atoms with Crippen LogP contribution in [0.1, 0.15) is 54.7 Å². The van der Waals surface area contributed by atoms with Crippen LogP contribution in [0.4, 0.5) is 0 Å². The predicted octanol–water partition coefficient (Wildman–Crippen LogP) is 5.81. The van der Waals surface area contributed by atoms with Crippen LogP contribution in [0.2, 0.25) is 10.0 Å². The predicted molar refractivity (Wildman–Crippen MR) is 92.5 cm³/mol. The zero-order chi connectivity index (χ0) is 15.4. The van der Waals surface area contributed by atoms with Crippen molar-refractivity contribution in [3.05, 3.63) is 49.9 Å². The quantitative estimate of drug-likeness (QED) is 0.715. The third kappa shape index (κ3) is 4.19. The molecule has 2 unspecified atom stereocenters. The zero-order valence-corrected chi connectivity index (χ0v) is 14.8. The molecule has 2 aromatic rings. The van der Waals surface area contributed by atoms with Gasteiger partial charge in [-0.2, -0.15) is 0 Å². The first kappa shape index (κ1) is 16.8. The molecule has 0 fully saturated rings. The molecule has 0 aliphatic carbocycles. The number of aryl methyl sites for hydroxylation is 1. The number of halogens is 2. The van der Waals surface area contributed by atoms with Gasteiger partial charge in [-0.1, -0.05) is 43.1 Å². The van der Waals surface area contributed by atoms with Gasteiger partial charge in [-0.25, -0.2) is 4.98 Å². The highest BCUT2D eigenvalue weighted by Gasteiger charge is 2.18. The zero-order valence-electron chi connectivity index (χ0n) is 12.5. The number of nitrogens with one attached hydrogen (secondary N) is 1. The Kier molecular flexibility index (Phi) is 6.06. The first-order chi connectivity index (χ1) is 10.0. The molecule has 5 heteroatoms. The first-order valence-electron chi connectivity index (χ1n) is 7.20. The Hall–Kier alpha value is -0.610. The number of hydrogen-bond acceptors (Lipinski definition) is 3. The molecule has 1 heterocycles. The molecule has 0 amide bonds. The summed E-state index contributed by atoms with van der Waals surface area (Å²) in [7, 11) is 0. The topological polar surface area (TPSA) is 24.9 Å². The van der Waals surface area contributed by atoms with Crippen LogP contribution < -0.4 is 5.32 Å². The molecule has 21 heavy (non-hydrogen) atoms. The lowest BCUT2D eigenvalue weighted by Crippen LogP contribution is -2.24. The fourth-order valence-electron chi connectivity index (χ4n) is 2.27. The largest absolute Gasteiger partial charge is 0.301 e. The number of nitrogens with zero attached hydrogens (tertiary/aromatic N) is 1. The molecule has 1 N–H and O–H groups in total. The molecule has 0 bridgehead atoms. The maximum atomic E-state index is 6.32. The average molecular weight is 343 g/mol. The van der Waals surface area contributed by atoms with Crippen LogP contribution >= 0.6 is 34.5 Å². The lowest BCUT2D eigenvalue weighted by atomic mass is 10.0. The number of rotatable bonds is 6. The van der Waals surface area contributed by atoms with Crippen molar-refractivity contribution >= 4 is 34.5 Å². The Balaban J connectivity index is 2.14. The molecule has 0 saturated carbocycles. The van der Waals surface area contributed by atoms with Crippen LogP contribution in [0.25, 0.3) is 0 Å². The van der Waals surface area contributed by atoms with E-state index in [4.69, 9.17) is 23.2 Å². The number of hydrogen-bond donors (Lipinski definition) is 1. The van der Waals surface area contributed by atoms with Gasteiger partial charge in [0.1, 0.15) is 5.01 Å². The van der Waals surface area contributed by atoms with Gasteiger partial charge in [0.15, 0.2) is 0 Å². The van der Waals surface area contributed by atoms with Crippen molar-refractivity contribution in [1.29, 1.82) is 0 Å². The second kappa shape index (κ2) is 7.59. The standard InChI is InChI=1S/C16H20Cl2N2S/c1-4-12-9-19-16(21-12)10(3)20-15(5-2)13-7-6-11(17)8-14(13)18/h6-10,15,20H,4-5H2,1-3H3. The molecule has 0 aliphatic heterocycles. The van der Waals surface area contributed by atoms with Gasteiger partial charge in [0.25, 0.3) is 0 Å². The molecule has 1 aromatic carbocycles. The summed E-state index contributed by atoms with van der Waals surface area (Å²) in [5.41, 5.74) is 1.09. The molecular weight excluding hydrogens is 323 g/mol. The van der Waals surface area contributed by atoms with E-state index in [1.54, 1.807) is 17.4 Å². The molecule has 0 spiro atoms. The van der Waals surface area contributed by atoms with Crippen molar-refractivity contribution in [1.82, 2.24) is 10.3 Å². The second-order valence-corrected chi connectivity index (χ2v) is 7.02. The Morgan fingerprint density at radius 1 is 1.29 bits per heavy atom. The van der Waals surface area contributed by atoms with Crippen molar-refractivity contribution in [3.63, 3.8) is 0 Å². The van der Waals surface area contributed by atoms with E-state index in [9.17, 15) is 0 Å². The van der Waals surface area contributed by atoms with Gasteiger partial charge in [-0.3, -0.25) is 0 Å². The Bertz CT molecular complexity index is 598. The summed E-state index contributed by atoms with van der Waals surface area (Å²) < 4.78 is 0. The van der Waals surface area contributed by atoms with E-state index in [1.165, 1.54) is 4.88 Å². The van der Waals surface area contributed by atoms with Crippen LogP contribution in [-0.4, -0.2) is 4.98 Å². The highest BCUT2D eigenvalue weighted by atomic mass is 35.5. The van der Waals surface area contributed by atoms with Crippen molar-refractivity contribution in [2.45, 2.75) is 45.7 Å². The summed E-state index contributed by atoms with van der Waals surface area (Å²) in [6.45, 7) is 6.44. The number of aromatic nitrogens is 1. The van der Waals surface area contributed by atoms with Crippen molar-refractivity contribution in [2.24, 2.45) is 0 Å². The van der Waals surface area contributed by atoms with Crippen LogP contribution in [0.3, 0.4) is 0 Å². The summed E-state index contributed by atoms with van der Waals surface area (Å²) in [5.74, 6) is 0. The fraction of sp³-hybridized carbons (Fsp3) is 0.438. The van der Waals surface area contributed by atoms with Gasteiger partial charge in [0, 0.05) is 27.2 Å². The lowest BCUT2D eigenvalue weighted by Gasteiger charge is -2.22. The van der Waals surface area contributed by atoms with Gasteiger partial charge < -0.3 is 5.32 Å². The Labute approximate surface area is 140 Å². The van der Waals surface area contributed by atoms with E-state index in [1.807, 2.05) is 18.3 Å². The van der Waals surface area contributed by atoms with Gasteiger partial charge in [-0.05, 0) is 37.5 Å². The first-order valence-corrected chi connectivity index (χ1v) is 8.78. The molecule has 114 valence electrons. The van der Waals surface area contributed by atoms with Crippen LogP contribution in [0, 0.1) is 0 Å². The minimum Gasteiger partial charge on any atom is -0.301 e. The van der Waals surface area contributed by atoms with Crippen molar-refractivity contribution in [3.8, 4) is 0 Å². The minimum absolute atomic E-state index is 0.193. The molecule has 0 radical (unpaired) electrons. The smallest absolute Gasteiger partial charge is 0.109 e. The van der Waals surface area contributed by atoms with E-state index in [0.29, 0.717) is 10.0 Å². The Morgan fingerprint density at radius 2 is 2.05 bits per heavy atom. The van der Waals surface area contributed by atoms with Gasteiger partial charge in [0.2, 0.25) is 0 Å². The molecule has 0 saturated heterocycles. The van der Waals surface area contributed by atoms with Gasteiger partial charge in [-0.15, -0.1) is 11.3 Å². The minimum atomic E-state index is 0.193. The highest BCUT2D eigenvalue weighted by Crippen LogP contribution is 2.30.